The lowest BCUT2D eigenvalue weighted by atomic mass is 9.96. The van der Waals surface area contributed by atoms with E-state index in [9.17, 15) is 9.59 Å². The van der Waals surface area contributed by atoms with Gasteiger partial charge in [0.25, 0.3) is 5.56 Å². The average molecular weight is 471 g/mol. The fourth-order valence-electron chi connectivity index (χ4n) is 3.48. The van der Waals surface area contributed by atoms with Crippen molar-refractivity contribution < 1.29 is 19.0 Å². The van der Waals surface area contributed by atoms with Gasteiger partial charge in [0.2, 0.25) is 0 Å². The number of aromatic nitrogens is 1. The fraction of sp³-hybridized carbons (Fsp3) is 0.261. The van der Waals surface area contributed by atoms with E-state index in [2.05, 4.69) is 4.99 Å². The van der Waals surface area contributed by atoms with E-state index in [1.54, 1.807) is 42.1 Å². The van der Waals surface area contributed by atoms with E-state index in [1.165, 1.54) is 18.4 Å². The smallest absolute Gasteiger partial charge is 0.338 e. The minimum Gasteiger partial charge on any atom is -0.497 e. The molecule has 0 saturated carbocycles. The first-order valence-corrected chi connectivity index (χ1v) is 11.6. The van der Waals surface area contributed by atoms with Crippen LogP contribution in [0.4, 0.5) is 0 Å². The van der Waals surface area contributed by atoms with Crippen molar-refractivity contribution in [2.45, 2.75) is 13.0 Å². The molecule has 0 bridgehead atoms. The third-order valence-electron chi connectivity index (χ3n) is 5.01. The second kappa shape index (κ2) is 9.64. The van der Waals surface area contributed by atoms with E-state index in [-0.39, 0.29) is 18.8 Å². The number of thiophene rings is 1. The zero-order valence-electron chi connectivity index (χ0n) is 17.9. The van der Waals surface area contributed by atoms with E-state index < -0.39 is 12.0 Å². The van der Waals surface area contributed by atoms with Crippen molar-refractivity contribution in [2.75, 3.05) is 27.4 Å². The highest BCUT2D eigenvalue weighted by Crippen LogP contribution is 2.31. The van der Waals surface area contributed by atoms with Crippen LogP contribution in [0.15, 0.2) is 62.8 Å². The van der Waals surface area contributed by atoms with E-state index in [1.807, 2.05) is 35.7 Å². The van der Waals surface area contributed by atoms with Gasteiger partial charge in [-0.25, -0.2) is 9.79 Å². The highest BCUT2D eigenvalue weighted by Gasteiger charge is 2.33. The van der Waals surface area contributed by atoms with Crippen LogP contribution >= 0.6 is 22.7 Å². The van der Waals surface area contributed by atoms with Gasteiger partial charge in [0.15, 0.2) is 4.80 Å². The predicted octanol–water partition coefficient (Wildman–Crippen LogP) is 2.49. The Labute approximate surface area is 192 Å². The second-order valence-electron chi connectivity index (χ2n) is 7.00. The van der Waals surface area contributed by atoms with Crippen LogP contribution in [0, 0.1) is 0 Å². The minimum atomic E-state index is -0.655. The number of thiazole rings is 1. The Morgan fingerprint density at radius 2 is 1.97 bits per heavy atom. The molecule has 0 N–H and O–H groups in total. The summed E-state index contributed by atoms with van der Waals surface area (Å²) in [5.41, 5.74) is 1.43. The van der Waals surface area contributed by atoms with E-state index in [0.717, 1.165) is 10.4 Å². The zero-order valence-corrected chi connectivity index (χ0v) is 19.5. The number of carbonyl (C=O) groups is 1. The maximum Gasteiger partial charge on any atom is 0.338 e. The number of nitrogens with zero attached hydrogens (tertiary/aromatic N) is 2. The Hall–Kier alpha value is -3.01. The summed E-state index contributed by atoms with van der Waals surface area (Å²) in [5, 5.41) is 1.96. The van der Waals surface area contributed by atoms with Crippen molar-refractivity contribution in [1.29, 1.82) is 0 Å². The molecule has 1 aromatic carbocycles. The lowest BCUT2D eigenvalue weighted by Gasteiger charge is -2.25. The van der Waals surface area contributed by atoms with Crippen molar-refractivity contribution in [3.05, 3.63) is 83.2 Å². The van der Waals surface area contributed by atoms with Crippen LogP contribution < -0.4 is 19.6 Å². The van der Waals surface area contributed by atoms with Gasteiger partial charge in [-0.3, -0.25) is 9.36 Å². The number of rotatable bonds is 7. The molecule has 7 nitrogen and oxygen atoms in total. The third-order valence-corrected chi connectivity index (χ3v) is 6.81. The number of carbonyl (C=O) groups excluding carboxylic acids is 1. The molecule has 0 radical (unpaired) electrons. The highest BCUT2D eigenvalue weighted by atomic mass is 32.1. The van der Waals surface area contributed by atoms with Crippen molar-refractivity contribution in [2.24, 2.45) is 4.99 Å². The predicted molar refractivity (Wildman–Crippen MR) is 124 cm³/mol. The van der Waals surface area contributed by atoms with Gasteiger partial charge >= 0.3 is 5.97 Å². The Bertz CT molecular complexity index is 1320. The molecule has 9 heteroatoms. The summed E-state index contributed by atoms with van der Waals surface area (Å²) in [6.07, 6.45) is 1.86. The molecule has 0 fully saturated rings. The van der Waals surface area contributed by atoms with Gasteiger partial charge in [0, 0.05) is 12.0 Å². The Kier molecular flexibility index (Phi) is 6.69. The maximum absolute atomic E-state index is 13.4. The lowest BCUT2D eigenvalue weighted by molar-refractivity contribution is -0.140. The summed E-state index contributed by atoms with van der Waals surface area (Å²) in [5.74, 6) is 0.167. The van der Waals surface area contributed by atoms with Crippen LogP contribution in [-0.2, 0) is 14.3 Å². The van der Waals surface area contributed by atoms with Gasteiger partial charge in [-0.05, 0) is 42.1 Å². The van der Waals surface area contributed by atoms with Crippen molar-refractivity contribution in [1.82, 2.24) is 4.57 Å². The second-order valence-corrected chi connectivity index (χ2v) is 8.99. The molecule has 3 heterocycles. The molecule has 2 aromatic heterocycles. The van der Waals surface area contributed by atoms with E-state index >= 15 is 0 Å². The van der Waals surface area contributed by atoms with Crippen molar-refractivity contribution in [3.63, 3.8) is 0 Å². The van der Waals surface area contributed by atoms with Gasteiger partial charge in [-0.1, -0.05) is 29.5 Å². The summed E-state index contributed by atoms with van der Waals surface area (Å²) in [7, 11) is 3.13. The summed E-state index contributed by atoms with van der Waals surface area (Å²) < 4.78 is 17.8. The molecule has 0 aliphatic carbocycles. The van der Waals surface area contributed by atoms with Gasteiger partial charge in [-0.2, -0.15) is 0 Å². The van der Waals surface area contributed by atoms with Crippen LogP contribution in [0.1, 0.15) is 23.4 Å². The summed E-state index contributed by atoms with van der Waals surface area (Å²) in [4.78, 5) is 32.6. The quantitative estimate of drug-likeness (QED) is 0.392. The summed E-state index contributed by atoms with van der Waals surface area (Å²) >= 11 is 2.86. The molecule has 32 heavy (non-hydrogen) atoms. The maximum atomic E-state index is 13.4. The van der Waals surface area contributed by atoms with Gasteiger partial charge in [0.1, 0.15) is 12.4 Å². The topological polar surface area (TPSA) is 79.1 Å². The Balaban J connectivity index is 1.88. The number of hydrogen-bond donors (Lipinski definition) is 0. The third kappa shape index (κ3) is 4.32. The fourth-order valence-corrected chi connectivity index (χ4v) is 5.25. The normalized spacial score (nSPS) is 16.0. The minimum absolute atomic E-state index is 0.115. The van der Waals surface area contributed by atoms with Crippen molar-refractivity contribution >= 4 is 34.7 Å². The standard InChI is InChI=1S/C23H22N2O5S2/c1-14-19(22(27)30-11-10-28-2)20(15-6-8-16(29-3)9-7-15)25-21(26)18(32-23(25)24-14)13-17-5-4-12-31-17/h4-9,12-13,20H,10-11H2,1-3H3/b18-13+/t20-/m0/s1. The molecule has 4 rings (SSSR count). The Morgan fingerprint density at radius 1 is 1.19 bits per heavy atom. The van der Waals surface area contributed by atoms with E-state index in [0.29, 0.717) is 26.4 Å². The number of allylic oxidation sites excluding steroid dienone is 1. The van der Waals surface area contributed by atoms with Crippen molar-refractivity contribution in [3.8, 4) is 5.75 Å². The largest absolute Gasteiger partial charge is 0.497 e. The molecule has 0 spiro atoms. The molecule has 1 aliphatic rings. The highest BCUT2D eigenvalue weighted by molar-refractivity contribution is 7.11. The van der Waals surface area contributed by atoms with Crippen LogP contribution in [0.25, 0.3) is 6.08 Å². The summed E-state index contributed by atoms with van der Waals surface area (Å²) in [6, 6.07) is 10.5. The molecule has 0 amide bonds. The Morgan fingerprint density at radius 3 is 2.62 bits per heavy atom. The van der Waals surface area contributed by atoms with Gasteiger partial charge in [0.05, 0.1) is 35.6 Å². The molecule has 0 saturated heterocycles. The van der Waals surface area contributed by atoms with Crippen LogP contribution in [-0.4, -0.2) is 38.0 Å². The molecule has 1 atom stereocenters. The average Bonchev–Trinajstić information content (AvgIpc) is 3.41. The van der Waals surface area contributed by atoms with Crippen LogP contribution in [0.3, 0.4) is 0 Å². The first-order valence-electron chi connectivity index (χ1n) is 9.89. The van der Waals surface area contributed by atoms with Gasteiger partial charge < -0.3 is 14.2 Å². The number of fused-ring (bicyclic) bond motifs is 1. The molecule has 3 aromatic rings. The molecule has 1 aliphatic heterocycles. The van der Waals surface area contributed by atoms with Crippen LogP contribution in [0.5, 0.6) is 5.75 Å². The SMILES string of the molecule is COCCOC(=O)C1=C(C)N=c2s/c(=C/c3cccs3)c(=O)n2[C@H]1c1ccc(OC)cc1. The number of methoxy groups -OCH3 is 2. The summed E-state index contributed by atoms with van der Waals surface area (Å²) in [6.45, 7) is 2.16. The molecule has 0 unspecified atom stereocenters. The van der Waals surface area contributed by atoms with Gasteiger partial charge in [-0.15, -0.1) is 11.3 Å². The molecular weight excluding hydrogens is 448 g/mol. The first-order chi connectivity index (χ1) is 15.5. The zero-order chi connectivity index (χ0) is 22.7. The number of benzene rings is 1. The number of esters is 1. The lowest BCUT2D eigenvalue weighted by Crippen LogP contribution is -2.40. The first kappa shape index (κ1) is 22.2. The van der Waals surface area contributed by atoms with E-state index in [4.69, 9.17) is 14.2 Å². The molecular formula is C23H22N2O5S2. The van der Waals surface area contributed by atoms with Crippen LogP contribution in [0.2, 0.25) is 0 Å². The number of ether oxygens (including phenoxy) is 3. The number of hydrogen-bond acceptors (Lipinski definition) is 8. The molecule has 166 valence electrons. The monoisotopic (exact) mass is 470 g/mol.